The maximum atomic E-state index is 14.0. The Morgan fingerprint density at radius 1 is 1.14 bits per heavy atom. The predicted octanol–water partition coefficient (Wildman–Crippen LogP) is 5.21. The second-order valence-electron chi connectivity index (χ2n) is 6.14. The highest BCUT2D eigenvalue weighted by Crippen LogP contribution is 2.29. The van der Waals surface area contributed by atoms with Crippen molar-refractivity contribution in [2.75, 3.05) is 0 Å². The normalized spacial score (nSPS) is 11.8. The molecule has 0 saturated heterocycles. The van der Waals surface area contributed by atoms with Crippen LogP contribution in [0.4, 0.5) is 4.39 Å². The number of carbonyl (C=O) groups is 1. The van der Waals surface area contributed by atoms with Gasteiger partial charge in [0.25, 0.3) is 10.0 Å². The molecular formula is C19H11Cl2FN2O3S2. The van der Waals surface area contributed by atoms with Crippen molar-refractivity contribution in [3.63, 3.8) is 0 Å². The molecule has 148 valence electrons. The molecule has 10 heteroatoms. The predicted molar refractivity (Wildman–Crippen MR) is 111 cm³/mol. The number of ketones is 1. The smallest absolute Gasteiger partial charge is 0.293 e. The fourth-order valence-corrected chi connectivity index (χ4v) is 5.99. The molecule has 2 heterocycles. The Morgan fingerprint density at radius 3 is 2.62 bits per heavy atom. The van der Waals surface area contributed by atoms with Crippen LogP contribution in [0.2, 0.25) is 9.36 Å². The molecule has 4 rings (SSSR count). The van der Waals surface area contributed by atoms with Gasteiger partial charge in [-0.1, -0.05) is 41.4 Å². The summed E-state index contributed by atoms with van der Waals surface area (Å²) in [5.74, 6) is -1.21. The van der Waals surface area contributed by atoms with E-state index in [9.17, 15) is 17.6 Å². The maximum absolute atomic E-state index is 14.0. The van der Waals surface area contributed by atoms with Crippen molar-refractivity contribution in [1.82, 2.24) is 9.19 Å². The topological polar surface area (TPSA) is 69.0 Å². The number of Topliss-reactive ketones (excluding diaryl/α,β-unsaturated/α-hetero) is 1. The minimum Gasteiger partial charge on any atom is -0.294 e. The highest BCUT2D eigenvalue weighted by Gasteiger charge is 2.23. The Bertz CT molecular complexity index is 1340. The van der Waals surface area contributed by atoms with Gasteiger partial charge in [0.15, 0.2) is 5.78 Å². The van der Waals surface area contributed by atoms with E-state index < -0.39 is 21.6 Å². The zero-order chi connectivity index (χ0) is 20.8. The van der Waals surface area contributed by atoms with E-state index in [1.54, 1.807) is 18.2 Å². The summed E-state index contributed by atoms with van der Waals surface area (Å²) in [5, 5.41) is 4.59. The largest absolute Gasteiger partial charge is 0.294 e. The molecule has 0 fully saturated rings. The number of halogens is 3. The first-order valence-electron chi connectivity index (χ1n) is 8.22. The maximum Gasteiger partial charge on any atom is 0.293 e. The Kier molecular flexibility index (Phi) is 5.20. The summed E-state index contributed by atoms with van der Waals surface area (Å²) in [6.45, 7) is 0. The van der Waals surface area contributed by atoms with Gasteiger partial charge in [-0.15, -0.1) is 11.3 Å². The van der Waals surface area contributed by atoms with Crippen LogP contribution in [0, 0.1) is 5.82 Å². The van der Waals surface area contributed by atoms with Crippen molar-refractivity contribution in [3.8, 4) is 0 Å². The standard InChI is InChI=1S/C19H11Cl2FN2O3S2/c20-13-2-1-3-14(22)19(13)16(25)9-11-4-5-12-10-23-24(15(12)8-11)29(26,27)18-7-6-17(21)28-18/h1-8,10H,9H2. The van der Waals surface area contributed by atoms with Gasteiger partial charge in [-0.3, -0.25) is 4.79 Å². The van der Waals surface area contributed by atoms with Crippen LogP contribution in [-0.4, -0.2) is 23.4 Å². The highest BCUT2D eigenvalue weighted by atomic mass is 35.5. The van der Waals surface area contributed by atoms with Crippen LogP contribution in [0.25, 0.3) is 10.9 Å². The number of aromatic nitrogens is 2. The SMILES string of the molecule is O=C(Cc1ccc2cnn(S(=O)(=O)c3ccc(Cl)s3)c2c1)c1c(F)cccc1Cl. The lowest BCUT2D eigenvalue weighted by molar-refractivity contribution is 0.0989. The van der Waals surface area contributed by atoms with Gasteiger partial charge in [0.1, 0.15) is 10.0 Å². The molecule has 5 nitrogen and oxygen atoms in total. The van der Waals surface area contributed by atoms with Gasteiger partial charge in [-0.25, -0.2) is 4.39 Å². The van der Waals surface area contributed by atoms with Gasteiger partial charge in [-0.2, -0.15) is 17.6 Å². The van der Waals surface area contributed by atoms with Crippen LogP contribution in [0.5, 0.6) is 0 Å². The van der Waals surface area contributed by atoms with E-state index in [0.717, 1.165) is 21.5 Å². The number of rotatable bonds is 5. The van der Waals surface area contributed by atoms with Crippen molar-refractivity contribution < 1.29 is 17.6 Å². The number of carbonyl (C=O) groups excluding carboxylic acids is 1. The summed E-state index contributed by atoms with van der Waals surface area (Å²) < 4.78 is 41.1. The minimum atomic E-state index is -3.94. The molecule has 29 heavy (non-hydrogen) atoms. The Balaban J connectivity index is 1.73. The molecule has 0 amide bonds. The average Bonchev–Trinajstić information content (AvgIpc) is 3.28. The van der Waals surface area contributed by atoms with Crippen molar-refractivity contribution in [3.05, 3.63) is 81.0 Å². The molecule has 0 bridgehead atoms. The highest BCUT2D eigenvalue weighted by molar-refractivity contribution is 7.92. The van der Waals surface area contributed by atoms with Crippen molar-refractivity contribution in [2.45, 2.75) is 10.6 Å². The molecule has 0 N–H and O–H groups in total. The summed E-state index contributed by atoms with van der Waals surface area (Å²) in [6.07, 6.45) is 1.27. The molecule has 4 aromatic rings. The van der Waals surface area contributed by atoms with Gasteiger partial charge in [-0.05, 0) is 35.9 Å². The quantitative estimate of drug-likeness (QED) is 0.377. The van der Waals surface area contributed by atoms with Crippen molar-refractivity contribution in [2.24, 2.45) is 0 Å². The number of hydrogen-bond donors (Lipinski definition) is 0. The van der Waals surface area contributed by atoms with E-state index in [-0.39, 0.29) is 21.2 Å². The summed E-state index contributed by atoms with van der Waals surface area (Å²) >= 11 is 12.7. The van der Waals surface area contributed by atoms with Gasteiger partial charge in [0.2, 0.25) is 0 Å². The number of thiophene rings is 1. The lowest BCUT2D eigenvalue weighted by Gasteiger charge is -2.07. The fourth-order valence-electron chi connectivity index (χ4n) is 2.90. The van der Waals surface area contributed by atoms with E-state index in [0.29, 0.717) is 20.8 Å². The monoisotopic (exact) mass is 468 g/mol. The van der Waals surface area contributed by atoms with Crippen molar-refractivity contribution >= 4 is 61.2 Å². The second kappa shape index (κ2) is 7.53. The molecule has 0 aliphatic heterocycles. The summed E-state index contributed by atoms with van der Waals surface area (Å²) in [7, 11) is -3.94. The van der Waals surface area contributed by atoms with E-state index in [4.69, 9.17) is 23.2 Å². The third-order valence-electron chi connectivity index (χ3n) is 4.24. The van der Waals surface area contributed by atoms with E-state index in [1.165, 1.54) is 30.5 Å². The molecule has 0 spiro atoms. The van der Waals surface area contributed by atoms with Gasteiger partial charge in [0.05, 0.1) is 26.6 Å². The zero-order valence-electron chi connectivity index (χ0n) is 14.5. The number of nitrogens with zero attached hydrogens (tertiary/aromatic N) is 2. The van der Waals surface area contributed by atoms with Crippen molar-refractivity contribution in [1.29, 1.82) is 0 Å². The zero-order valence-corrected chi connectivity index (χ0v) is 17.6. The molecule has 2 aromatic carbocycles. The average molecular weight is 469 g/mol. The van der Waals surface area contributed by atoms with Crippen LogP contribution in [0.15, 0.2) is 58.9 Å². The van der Waals surface area contributed by atoms with Gasteiger partial charge < -0.3 is 0 Å². The third kappa shape index (κ3) is 3.69. The molecule has 0 atom stereocenters. The summed E-state index contributed by atoms with van der Waals surface area (Å²) in [4.78, 5) is 12.6. The van der Waals surface area contributed by atoms with Crippen LogP contribution >= 0.6 is 34.5 Å². The Morgan fingerprint density at radius 2 is 1.93 bits per heavy atom. The molecule has 0 aliphatic rings. The molecular weight excluding hydrogens is 458 g/mol. The molecule has 0 aliphatic carbocycles. The van der Waals surface area contributed by atoms with Crippen LogP contribution in [0.1, 0.15) is 15.9 Å². The third-order valence-corrected chi connectivity index (χ3v) is 7.85. The van der Waals surface area contributed by atoms with E-state index in [1.807, 2.05) is 0 Å². The number of fused-ring (bicyclic) bond motifs is 1. The molecule has 2 aromatic heterocycles. The molecule has 0 unspecified atom stereocenters. The lowest BCUT2D eigenvalue weighted by Crippen LogP contribution is -2.13. The van der Waals surface area contributed by atoms with Crippen LogP contribution in [0.3, 0.4) is 0 Å². The number of benzene rings is 2. The van der Waals surface area contributed by atoms with Crippen LogP contribution in [-0.2, 0) is 16.4 Å². The number of hydrogen-bond acceptors (Lipinski definition) is 5. The first-order chi connectivity index (χ1) is 13.8. The minimum absolute atomic E-state index is 0.0262. The van der Waals surface area contributed by atoms with Gasteiger partial charge in [0, 0.05) is 11.8 Å². The Labute approximate surface area is 179 Å². The summed E-state index contributed by atoms with van der Waals surface area (Å²) in [6, 6.07) is 11.8. The lowest BCUT2D eigenvalue weighted by atomic mass is 10.0. The Hall–Kier alpha value is -2.26. The van der Waals surface area contributed by atoms with E-state index >= 15 is 0 Å². The second-order valence-corrected chi connectivity index (χ2v) is 10.3. The first kappa shape index (κ1) is 20.0. The summed E-state index contributed by atoms with van der Waals surface area (Å²) in [5.41, 5.74) is 0.617. The van der Waals surface area contributed by atoms with E-state index in [2.05, 4.69) is 5.10 Å². The molecule has 0 saturated carbocycles. The first-order valence-corrected chi connectivity index (χ1v) is 11.2. The van der Waals surface area contributed by atoms with Crippen LogP contribution < -0.4 is 0 Å². The molecule has 0 radical (unpaired) electrons. The fraction of sp³-hybridized carbons (Fsp3) is 0.0526. The van der Waals surface area contributed by atoms with Gasteiger partial charge >= 0.3 is 0 Å².